The Morgan fingerprint density at radius 1 is 0.372 bits per heavy atom. The van der Waals surface area contributed by atoms with Crippen LogP contribution in [0.5, 0.6) is 0 Å². The minimum absolute atomic E-state index is 0.00552. The summed E-state index contributed by atoms with van der Waals surface area (Å²) in [7, 11) is 2.30. The summed E-state index contributed by atoms with van der Waals surface area (Å²) < 4.78 is 2.52. The van der Waals surface area contributed by atoms with Crippen LogP contribution in [0.3, 0.4) is 0 Å². The van der Waals surface area contributed by atoms with Gasteiger partial charge >= 0.3 is 0 Å². The Bertz CT molecular complexity index is 3820. The van der Waals surface area contributed by atoms with Gasteiger partial charge in [-0.1, -0.05) is 210 Å². The highest BCUT2D eigenvalue weighted by Crippen LogP contribution is 2.49. The van der Waals surface area contributed by atoms with Crippen LogP contribution in [0.2, 0.25) is 0 Å². The van der Waals surface area contributed by atoms with E-state index in [1.54, 1.807) is 0 Å². The Labute approximate surface area is 464 Å². The number of aromatic nitrogens is 1. The molecule has 0 saturated heterocycles. The van der Waals surface area contributed by atoms with Crippen molar-refractivity contribution in [3.05, 3.63) is 229 Å². The molecule has 0 bridgehead atoms. The number of aryl methyl sites for hydroxylation is 1. The first-order chi connectivity index (χ1) is 37.1. The van der Waals surface area contributed by atoms with Crippen LogP contribution in [0.15, 0.2) is 206 Å². The quantitative estimate of drug-likeness (QED) is 0.148. The molecule has 1 aromatic heterocycles. The average Bonchev–Trinajstić information content (AvgIpc) is 2.99. The van der Waals surface area contributed by atoms with Gasteiger partial charge in [0.15, 0.2) is 0 Å². The SMILES string of the molecule is Cn1c2c(c3ccc(-c4ccccc4-c4ccccc4)cc31)N(c1ccc(C(C)(C)C)cc1)c1cccc3c1B2c1ccc(N(c2ccc(C(C)(C)C)cc2)c2ccc(C(C)(C)C)cc2)cc1N3c1ccc(C(C)(C)C)cc1. The molecule has 0 atom stereocenters. The maximum atomic E-state index is 2.57. The molecule has 10 aromatic rings. The van der Waals surface area contributed by atoms with E-state index in [9.17, 15) is 0 Å². The zero-order valence-electron chi connectivity index (χ0n) is 48.0. The van der Waals surface area contributed by atoms with Crippen molar-refractivity contribution in [2.45, 2.75) is 105 Å². The highest BCUT2D eigenvalue weighted by molar-refractivity contribution is 7.00. The van der Waals surface area contributed by atoms with Gasteiger partial charge in [-0.05, 0) is 156 Å². The predicted octanol–water partition coefficient (Wildman–Crippen LogP) is 18.3. The van der Waals surface area contributed by atoms with Crippen molar-refractivity contribution in [2.24, 2.45) is 7.05 Å². The van der Waals surface area contributed by atoms with Crippen molar-refractivity contribution in [3.8, 4) is 22.3 Å². The largest absolute Gasteiger partial charge is 0.353 e. The zero-order chi connectivity index (χ0) is 54.6. The summed E-state index contributed by atoms with van der Waals surface area (Å²) in [5.74, 6) is 0. The van der Waals surface area contributed by atoms with Crippen LogP contribution in [-0.4, -0.2) is 11.3 Å². The van der Waals surface area contributed by atoms with Crippen LogP contribution in [0.4, 0.5) is 51.2 Å². The normalized spacial score (nSPS) is 13.4. The summed E-state index contributed by atoms with van der Waals surface area (Å²) >= 11 is 0. The third-order valence-electron chi connectivity index (χ3n) is 16.7. The van der Waals surface area contributed by atoms with Gasteiger partial charge in [0.2, 0.25) is 0 Å². The number of benzene rings is 9. The van der Waals surface area contributed by atoms with Crippen LogP contribution < -0.4 is 31.2 Å². The number of hydrogen-bond donors (Lipinski definition) is 0. The molecule has 0 unspecified atom stereocenters. The number of rotatable bonds is 7. The molecule has 0 radical (unpaired) electrons. The summed E-state index contributed by atoms with van der Waals surface area (Å²) in [4.78, 5) is 7.58. The Morgan fingerprint density at radius 3 is 1.33 bits per heavy atom. The second-order valence-corrected chi connectivity index (χ2v) is 26.0. The first-order valence-corrected chi connectivity index (χ1v) is 28.0. The van der Waals surface area contributed by atoms with E-state index in [1.165, 1.54) is 94.7 Å². The standard InChI is InChI=1S/C73H73BN4/c1-70(2,3)50-27-35-54(36-28-50)76(55-37-29-51(30-38-55)71(4,5)6)58-43-45-62-66(47-58)77(56-39-31-52(32-40-56)72(7,8)9)63-24-19-25-64-67(63)74(62)69-68(78(64)57-41-33-53(34-42-57)73(10,11)12)61-44-26-49(46-65(61)75(69)13)60-23-18-17-22-59(60)48-20-15-14-16-21-48/h14-47H,1-13H3. The minimum atomic E-state index is -0.0894. The lowest BCUT2D eigenvalue weighted by molar-refractivity contribution is 0.590. The number of fused-ring (bicyclic) bond motifs is 6. The predicted molar refractivity (Wildman–Crippen MR) is 337 cm³/mol. The highest BCUT2D eigenvalue weighted by atomic mass is 15.2. The first kappa shape index (κ1) is 50.8. The monoisotopic (exact) mass is 1020 g/mol. The fraction of sp³-hybridized carbons (Fsp3) is 0.233. The van der Waals surface area contributed by atoms with Crippen LogP contribution in [-0.2, 0) is 28.7 Å². The molecule has 3 heterocycles. The molecule has 2 aliphatic rings. The number of nitrogens with zero attached hydrogens (tertiary/aromatic N) is 4. The summed E-state index contributed by atoms with van der Waals surface area (Å²) in [6.45, 7) is 27.4. The third kappa shape index (κ3) is 8.72. The van der Waals surface area contributed by atoms with Crippen molar-refractivity contribution in [1.29, 1.82) is 0 Å². The van der Waals surface area contributed by atoms with Gasteiger partial charge in [-0.3, -0.25) is 0 Å². The van der Waals surface area contributed by atoms with Gasteiger partial charge in [-0.25, -0.2) is 0 Å². The smallest absolute Gasteiger partial charge is 0.272 e. The average molecular weight is 1020 g/mol. The summed E-state index contributed by atoms with van der Waals surface area (Å²) in [5, 5.41) is 1.23. The molecular weight excluding hydrogens is 944 g/mol. The number of anilines is 9. The van der Waals surface area contributed by atoms with Crippen molar-refractivity contribution in [3.63, 3.8) is 0 Å². The molecule has 0 fully saturated rings. The lowest BCUT2D eigenvalue weighted by Crippen LogP contribution is -2.62. The fourth-order valence-corrected chi connectivity index (χ4v) is 12.2. The zero-order valence-corrected chi connectivity index (χ0v) is 48.0. The molecule has 78 heavy (non-hydrogen) atoms. The lowest BCUT2D eigenvalue weighted by Gasteiger charge is -2.44. The van der Waals surface area contributed by atoms with E-state index in [2.05, 4.69) is 316 Å². The lowest BCUT2D eigenvalue weighted by atomic mass is 9.35. The van der Waals surface area contributed by atoms with E-state index < -0.39 is 0 Å². The van der Waals surface area contributed by atoms with E-state index in [-0.39, 0.29) is 28.4 Å². The Kier molecular flexibility index (Phi) is 12.1. The Hall–Kier alpha value is -8.02. The summed E-state index contributed by atoms with van der Waals surface area (Å²) in [6.07, 6.45) is 0. The molecule has 12 rings (SSSR count). The molecule has 0 aliphatic carbocycles. The minimum Gasteiger partial charge on any atom is -0.353 e. The van der Waals surface area contributed by atoms with Gasteiger partial charge in [0.1, 0.15) is 0 Å². The Balaban J connectivity index is 1.12. The van der Waals surface area contributed by atoms with Crippen LogP contribution >= 0.6 is 0 Å². The van der Waals surface area contributed by atoms with Crippen molar-refractivity contribution < 1.29 is 0 Å². The van der Waals surface area contributed by atoms with Gasteiger partial charge < -0.3 is 19.3 Å². The molecular formula is C73H73BN4. The molecule has 5 heteroatoms. The van der Waals surface area contributed by atoms with Crippen molar-refractivity contribution >= 4 is 85.3 Å². The van der Waals surface area contributed by atoms with Crippen molar-refractivity contribution in [2.75, 3.05) is 14.7 Å². The molecule has 9 aromatic carbocycles. The Morgan fingerprint density at radius 2 is 0.821 bits per heavy atom. The first-order valence-electron chi connectivity index (χ1n) is 28.0. The van der Waals surface area contributed by atoms with Crippen molar-refractivity contribution in [1.82, 2.24) is 4.57 Å². The van der Waals surface area contributed by atoms with E-state index in [0.29, 0.717) is 0 Å². The fourth-order valence-electron chi connectivity index (χ4n) is 12.2. The number of hydrogen-bond acceptors (Lipinski definition) is 3. The van der Waals surface area contributed by atoms with Gasteiger partial charge in [-0.15, -0.1) is 0 Å². The van der Waals surface area contributed by atoms with Gasteiger partial charge in [-0.2, -0.15) is 0 Å². The van der Waals surface area contributed by atoms with E-state index in [1.807, 2.05) is 0 Å². The van der Waals surface area contributed by atoms with E-state index >= 15 is 0 Å². The molecule has 0 saturated carbocycles. The van der Waals surface area contributed by atoms with Crippen LogP contribution in [0, 0.1) is 0 Å². The van der Waals surface area contributed by atoms with Crippen LogP contribution in [0.25, 0.3) is 33.2 Å². The molecule has 388 valence electrons. The topological polar surface area (TPSA) is 14.7 Å². The van der Waals surface area contributed by atoms with E-state index in [0.717, 1.165) is 28.4 Å². The maximum Gasteiger partial charge on any atom is 0.272 e. The second kappa shape index (κ2) is 18.6. The van der Waals surface area contributed by atoms with Gasteiger partial charge in [0.25, 0.3) is 6.71 Å². The summed E-state index contributed by atoms with van der Waals surface area (Å²) in [5.41, 5.74) is 25.7. The summed E-state index contributed by atoms with van der Waals surface area (Å²) in [6, 6.07) is 78.3. The van der Waals surface area contributed by atoms with E-state index in [4.69, 9.17) is 0 Å². The molecule has 0 amide bonds. The van der Waals surface area contributed by atoms with Gasteiger partial charge in [0.05, 0.1) is 11.2 Å². The van der Waals surface area contributed by atoms with Crippen LogP contribution in [0.1, 0.15) is 105 Å². The maximum absolute atomic E-state index is 2.57. The molecule has 4 nitrogen and oxygen atoms in total. The highest BCUT2D eigenvalue weighted by Gasteiger charge is 2.46. The molecule has 2 aliphatic heterocycles. The molecule has 0 N–H and O–H groups in total. The third-order valence-corrected chi connectivity index (χ3v) is 16.7. The second-order valence-electron chi connectivity index (χ2n) is 26.0. The van der Waals surface area contributed by atoms with Gasteiger partial charge in [0, 0.05) is 63.5 Å². The molecule has 0 spiro atoms.